The second kappa shape index (κ2) is 7.08. The van der Waals surface area contributed by atoms with E-state index in [9.17, 15) is 0 Å². The van der Waals surface area contributed by atoms with Gasteiger partial charge in [-0.1, -0.05) is 0 Å². The maximum Gasteiger partial charge on any atom is 0.174 e. The summed E-state index contributed by atoms with van der Waals surface area (Å²) in [6.45, 7) is 5.68. The van der Waals surface area contributed by atoms with Gasteiger partial charge in [0.1, 0.15) is 29.6 Å². The molecule has 2 N–H and O–H groups in total. The number of anilines is 4. The van der Waals surface area contributed by atoms with Crippen molar-refractivity contribution in [2.45, 2.75) is 20.8 Å². The molecule has 0 spiro atoms. The zero-order valence-electron chi connectivity index (χ0n) is 14.5. The summed E-state index contributed by atoms with van der Waals surface area (Å²) in [5.41, 5.74) is 1.76. The van der Waals surface area contributed by atoms with Crippen molar-refractivity contribution in [1.82, 2.24) is 24.9 Å². The van der Waals surface area contributed by atoms with Gasteiger partial charge in [0.05, 0.1) is 7.11 Å². The zero-order chi connectivity index (χ0) is 17.8. The lowest BCUT2D eigenvalue weighted by Crippen LogP contribution is -2.03. The van der Waals surface area contributed by atoms with Crippen LogP contribution in [-0.4, -0.2) is 32.0 Å². The van der Waals surface area contributed by atoms with Crippen LogP contribution in [0.25, 0.3) is 0 Å². The minimum Gasteiger partial charge on any atom is -0.493 e. The van der Waals surface area contributed by atoms with Crippen molar-refractivity contribution in [1.29, 1.82) is 0 Å². The Bertz CT molecular complexity index is 878. The Hall–Kier alpha value is -3.29. The molecule has 0 aliphatic rings. The van der Waals surface area contributed by atoms with Crippen LogP contribution in [0.5, 0.6) is 5.75 Å². The maximum absolute atomic E-state index is 5.32. The highest BCUT2D eigenvalue weighted by Gasteiger charge is 2.08. The Morgan fingerprint density at radius 1 is 0.800 bits per heavy atom. The monoisotopic (exact) mass is 337 g/mol. The average Bonchev–Trinajstić information content (AvgIpc) is 2.54. The number of nitrogens with zero attached hydrogens (tertiary/aromatic N) is 5. The van der Waals surface area contributed by atoms with Gasteiger partial charge in [-0.05, 0) is 32.9 Å². The van der Waals surface area contributed by atoms with Crippen molar-refractivity contribution in [3.63, 3.8) is 0 Å². The summed E-state index contributed by atoms with van der Waals surface area (Å²) >= 11 is 0. The Labute approximate surface area is 145 Å². The molecular weight excluding hydrogens is 318 g/mol. The fourth-order valence-electron chi connectivity index (χ4n) is 2.33. The third kappa shape index (κ3) is 4.17. The molecule has 0 atom stereocenters. The van der Waals surface area contributed by atoms with Crippen LogP contribution in [0.1, 0.15) is 17.2 Å². The van der Waals surface area contributed by atoms with Crippen molar-refractivity contribution in [2.24, 2.45) is 0 Å². The first-order valence-corrected chi connectivity index (χ1v) is 7.73. The second-order valence-corrected chi connectivity index (χ2v) is 5.48. The van der Waals surface area contributed by atoms with Crippen molar-refractivity contribution in [3.05, 3.63) is 47.8 Å². The highest BCUT2D eigenvalue weighted by Crippen LogP contribution is 2.25. The molecule has 0 saturated carbocycles. The maximum atomic E-state index is 5.32. The predicted molar refractivity (Wildman–Crippen MR) is 95.6 cm³/mol. The molecule has 0 aliphatic carbocycles. The van der Waals surface area contributed by atoms with Crippen LogP contribution in [0.15, 0.2) is 30.6 Å². The van der Waals surface area contributed by atoms with E-state index in [0.29, 0.717) is 34.8 Å². The number of ether oxygens (including phenoxy) is 1. The van der Waals surface area contributed by atoms with Gasteiger partial charge in [0.25, 0.3) is 0 Å². The Morgan fingerprint density at radius 3 is 2.28 bits per heavy atom. The quantitative estimate of drug-likeness (QED) is 0.733. The molecule has 0 fully saturated rings. The van der Waals surface area contributed by atoms with Gasteiger partial charge in [-0.15, -0.1) is 0 Å². The summed E-state index contributed by atoms with van der Waals surface area (Å²) in [4.78, 5) is 21.5. The normalized spacial score (nSPS) is 10.4. The lowest BCUT2D eigenvalue weighted by atomic mass is 10.3. The Balaban J connectivity index is 1.83. The topological polar surface area (TPSA) is 97.7 Å². The summed E-state index contributed by atoms with van der Waals surface area (Å²) in [5.74, 6) is 3.82. The van der Waals surface area contributed by atoms with Crippen LogP contribution in [0.3, 0.4) is 0 Å². The second-order valence-electron chi connectivity index (χ2n) is 5.48. The third-order valence-corrected chi connectivity index (χ3v) is 3.35. The average molecular weight is 337 g/mol. The molecule has 128 valence electrons. The minimum absolute atomic E-state index is 0.594. The highest BCUT2D eigenvalue weighted by atomic mass is 16.5. The first kappa shape index (κ1) is 16.6. The summed E-state index contributed by atoms with van der Waals surface area (Å²) in [6, 6.07) is 7.37. The standard InChI is InChI=1S/C17H19N7O/c1-10-5-6-13(25-4)17(21-10)24-15-8-14(18-9-19-15)23-16-7-11(2)20-12(3)22-16/h5-9H,1-4H3,(H2,18,19,20,21,22,23,24). The number of hydrogen-bond donors (Lipinski definition) is 2. The summed E-state index contributed by atoms with van der Waals surface area (Å²) in [6.07, 6.45) is 1.47. The van der Waals surface area contributed by atoms with Gasteiger partial charge in [0, 0.05) is 23.5 Å². The number of aromatic nitrogens is 5. The van der Waals surface area contributed by atoms with E-state index in [1.165, 1.54) is 6.33 Å². The predicted octanol–water partition coefficient (Wildman–Crippen LogP) is 3.08. The molecule has 0 aromatic carbocycles. The van der Waals surface area contributed by atoms with Crippen LogP contribution < -0.4 is 15.4 Å². The van der Waals surface area contributed by atoms with E-state index in [1.807, 2.05) is 39.0 Å². The number of methoxy groups -OCH3 is 1. The number of aryl methyl sites for hydroxylation is 3. The van der Waals surface area contributed by atoms with E-state index in [4.69, 9.17) is 4.74 Å². The van der Waals surface area contributed by atoms with Crippen LogP contribution >= 0.6 is 0 Å². The van der Waals surface area contributed by atoms with Gasteiger partial charge in [-0.2, -0.15) is 0 Å². The van der Waals surface area contributed by atoms with E-state index in [0.717, 1.165) is 11.4 Å². The molecule has 0 amide bonds. The molecule has 8 heteroatoms. The van der Waals surface area contributed by atoms with Gasteiger partial charge in [0.15, 0.2) is 11.6 Å². The first-order valence-electron chi connectivity index (χ1n) is 7.73. The van der Waals surface area contributed by atoms with E-state index < -0.39 is 0 Å². The molecule has 3 rings (SSSR count). The van der Waals surface area contributed by atoms with E-state index >= 15 is 0 Å². The molecule has 8 nitrogen and oxygen atoms in total. The lowest BCUT2D eigenvalue weighted by molar-refractivity contribution is 0.415. The van der Waals surface area contributed by atoms with Gasteiger partial charge < -0.3 is 15.4 Å². The first-order chi connectivity index (χ1) is 12.0. The van der Waals surface area contributed by atoms with E-state index in [2.05, 4.69) is 35.6 Å². The molecule has 0 saturated heterocycles. The van der Waals surface area contributed by atoms with E-state index in [1.54, 1.807) is 13.2 Å². The summed E-state index contributed by atoms with van der Waals surface area (Å²) < 4.78 is 5.32. The van der Waals surface area contributed by atoms with Crippen LogP contribution in [0.4, 0.5) is 23.3 Å². The summed E-state index contributed by atoms with van der Waals surface area (Å²) in [5, 5.41) is 6.31. The van der Waals surface area contributed by atoms with Crippen molar-refractivity contribution in [2.75, 3.05) is 17.7 Å². The Kier molecular flexibility index (Phi) is 4.69. The number of nitrogens with one attached hydrogen (secondary N) is 2. The fourth-order valence-corrected chi connectivity index (χ4v) is 2.33. The fraction of sp³-hybridized carbons (Fsp3) is 0.235. The van der Waals surface area contributed by atoms with Crippen molar-refractivity contribution in [3.8, 4) is 5.75 Å². The number of rotatable bonds is 5. The molecule has 25 heavy (non-hydrogen) atoms. The smallest absolute Gasteiger partial charge is 0.174 e. The van der Waals surface area contributed by atoms with Gasteiger partial charge in [0.2, 0.25) is 0 Å². The molecular formula is C17H19N7O. The zero-order valence-corrected chi connectivity index (χ0v) is 14.5. The number of hydrogen-bond acceptors (Lipinski definition) is 8. The van der Waals surface area contributed by atoms with E-state index in [-0.39, 0.29) is 0 Å². The number of pyridine rings is 1. The van der Waals surface area contributed by atoms with Crippen LogP contribution in [-0.2, 0) is 0 Å². The Morgan fingerprint density at radius 2 is 1.56 bits per heavy atom. The van der Waals surface area contributed by atoms with Gasteiger partial charge in [-0.3, -0.25) is 0 Å². The molecule has 0 unspecified atom stereocenters. The molecule has 3 aromatic heterocycles. The molecule has 3 heterocycles. The molecule has 0 bridgehead atoms. The van der Waals surface area contributed by atoms with Crippen molar-refractivity contribution < 1.29 is 4.74 Å². The molecule has 0 radical (unpaired) electrons. The summed E-state index contributed by atoms with van der Waals surface area (Å²) in [7, 11) is 1.60. The minimum atomic E-state index is 0.594. The SMILES string of the molecule is COc1ccc(C)nc1Nc1cc(Nc2cc(C)nc(C)n2)ncn1. The van der Waals surface area contributed by atoms with Gasteiger partial charge in [-0.25, -0.2) is 24.9 Å². The van der Waals surface area contributed by atoms with Crippen LogP contribution in [0.2, 0.25) is 0 Å². The highest BCUT2D eigenvalue weighted by molar-refractivity contribution is 5.63. The van der Waals surface area contributed by atoms with Crippen molar-refractivity contribution >= 4 is 23.3 Å². The molecule has 0 aliphatic heterocycles. The molecule has 3 aromatic rings. The largest absolute Gasteiger partial charge is 0.493 e. The van der Waals surface area contributed by atoms with Gasteiger partial charge >= 0.3 is 0 Å². The van der Waals surface area contributed by atoms with Crippen LogP contribution in [0, 0.1) is 20.8 Å². The third-order valence-electron chi connectivity index (χ3n) is 3.35. The lowest BCUT2D eigenvalue weighted by Gasteiger charge is -2.11.